The van der Waals surface area contributed by atoms with E-state index in [2.05, 4.69) is 33.5 Å². The lowest BCUT2D eigenvalue weighted by Gasteiger charge is -2.35. The van der Waals surface area contributed by atoms with E-state index in [-0.39, 0.29) is 17.6 Å². The largest absolute Gasteiger partial charge is 0.508 e. The summed E-state index contributed by atoms with van der Waals surface area (Å²) in [5.74, 6) is 0.719. The second-order valence-electron chi connectivity index (χ2n) is 13.1. The summed E-state index contributed by atoms with van der Waals surface area (Å²) in [6.45, 7) is 7.10. The number of amidine groups is 1. The van der Waals surface area contributed by atoms with Crippen molar-refractivity contribution in [3.8, 4) is 5.75 Å². The number of amides is 2. The van der Waals surface area contributed by atoms with Crippen molar-refractivity contribution in [2.45, 2.75) is 39.0 Å². The molecule has 0 saturated heterocycles. The molecule has 0 spiro atoms. The summed E-state index contributed by atoms with van der Waals surface area (Å²) in [6.07, 6.45) is 1.32. The lowest BCUT2D eigenvalue weighted by molar-refractivity contribution is 0.0512. The molecule has 12 heteroatoms. The van der Waals surface area contributed by atoms with Crippen LogP contribution >= 0.6 is 0 Å². The molecule has 1 heterocycles. The number of anilines is 2. The monoisotopic (exact) mass is 733 g/mol. The van der Waals surface area contributed by atoms with Crippen LogP contribution in [-0.4, -0.2) is 80.0 Å². The number of hydrogen-bond donors (Lipinski definition) is 6. The number of rotatable bonds is 18. The molecule has 12 nitrogen and oxygen atoms in total. The van der Waals surface area contributed by atoms with Gasteiger partial charge >= 0.3 is 0 Å². The Morgan fingerprint density at radius 3 is 2.15 bits per heavy atom. The molecule has 0 aromatic heterocycles. The lowest BCUT2D eigenvalue weighted by atomic mass is 10.1. The van der Waals surface area contributed by atoms with Crippen molar-refractivity contribution < 1.29 is 24.2 Å². The highest BCUT2D eigenvalue weighted by molar-refractivity contribution is 5.95. The van der Waals surface area contributed by atoms with Crippen LogP contribution in [0.3, 0.4) is 0 Å². The van der Waals surface area contributed by atoms with Crippen molar-refractivity contribution in [1.29, 1.82) is 0 Å². The first-order valence-electron chi connectivity index (χ1n) is 18.3. The highest BCUT2D eigenvalue weighted by Crippen LogP contribution is 2.24. The fourth-order valence-electron chi connectivity index (χ4n) is 5.89. The van der Waals surface area contributed by atoms with E-state index in [1.165, 1.54) is 0 Å². The number of ether oxygens (including phenoxy) is 2. The van der Waals surface area contributed by atoms with E-state index in [4.69, 9.17) is 14.5 Å². The molecule has 6 N–H and O–H groups in total. The Bertz CT molecular complexity index is 1850. The Morgan fingerprint density at radius 1 is 0.815 bits per heavy atom. The quantitative estimate of drug-likeness (QED) is 0.0541. The highest BCUT2D eigenvalue weighted by atomic mass is 16.5. The zero-order valence-corrected chi connectivity index (χ0v) is 31.2. The number of aromatic hydroxyl groups is 1. The Kier molecular flexibility index (Phi) is 14.5. The summed E-state index contributed by atoms with van der Waals surface area (Å²) in [5.41, 5.74) is 5.02. The van der Waals surface area contributed by atoms with Gasteiger partial charge in [-0.3, -0.25) is 14.6 Å². The molecule has 0 aliphatic carbocycles. The number of phenols is 1. The Morgan fingerprint density at radius 2 is 1.46 bits per heavy atom. The maximum Gasteiger partial charge on any atom is 0.253 e. The van der Waals surface area contributed by atoms with Gasteiger partial charge in [-0.25, -0.2) is 0 Å². The summed E-state index contributed by atoms with van der Waals surface area (Å²) in [4.78, 5) is 31.9. The van der Waals surface area contributed by atoms with Gasteiger partial charge in [-0.1, -0.05) is 55.5 Å². The van der Waals surface area contributed by atoms with Crippen LogP contribution in [0, 0.1) is 0 Å². The molecule has 5 rings (SSSR count). The number of hydrogen-bond acceptors (Lipinski definition) is 9. The summed E-state index contributed by atoms with van der Waals surface area (Å²) in [7, 11) is 1.81. The van der Waals surface area contributed by atoms with E-state index in [1.807, 2.05) is 86.8 Å². The molecule has 1 aliphatic heterocycles. The van der Waals surface area contributed by atoms with Gasteiger partial charge < -0.3 is 46.1 Å². The van der Waals surface area contributed by atoms with Crippen LogP contribution in [0.25, 0.3) is 0 Å². The van der Waals surface area contributed by atoms with Crippen molar-refractivity contribution in [2.24, 2.45) is 4.99 Å². The maximum atomic E-state index is 13.2. The van der Waals surface area contributed by atoms with E-state index in [0.29, 0.717) is 63.6 Å². The molecule has 284 valence electrons. The van der Waals surface area contributed by atoms with Crippen molar-refractivity contribution in [3.05, 3.63) is 137 Å². The molecule has 2 amide bonds. The molecule has 0 bridgehead atoms. The van der Waals surface area contributed by atoms with Crippen LogP contribution in [0.4, 0.5) is 11.4 Å². The third kappa shape index (κ3) is 12.1. The van der Waals surface area contributed by atoms with Crippen molar-refractivity contribution >= 4 is 29.0 Å². The smallest absolute Gasteiger partial charge is 0.253 e. The van der Waals surface area contributed by atoms with Crippen molar-refractivity contribution in [3.63, 3.8) is 0 Å². The number of nitrogens with one attached hydrogen (secondary N) is 5. The molecule has 0 radical (unpaired) electrons. The normalized spacial score (nSPS) is 16.2. The minimum atomic E-state index is -0.879. The van der Waals surface area contributed by atoms with Gasteiger partial charge in [0.15, 0.2) is 5.79 Å². The lowest BCUT2D eigenvalue weighted by Crippen LogP contribution is -2.61. The van der Waals surface area contributed by atoms with Gasteiger partial charge in [0.2, 0.25) is 0 Å². The van der Waals surface area contributed by atoms with E-state index in [1.54, 1.807) is 41.3 Å². The summed E-state index contributed by atoms with van der Waals surface area (Å²) in [6, 6.07) is 33.4. The molecular weight excluding hydrogens is 683 g/mol. The first-order valence-corrected chi connectivity index (χ1v) is 18.3. The molecule has 1 atom stereocenters. The standard InChI is InChI=1S/C42H51N7O5/c1-4-32-29-38(43-23-25-53-27-28-54-26-24-44-40(51)33-13-9-6-10-14-33)47-42(2,46-36-19-21-37(50)22-20-36)48-39(32)45-35-17-15-34(16-18-35)41(52)49(3)30-31-11-7-5-8-12-31/h5-22,45-46,48,50H,4,23-30H2,1-3H3,(H,43,47)(H,44,51). The van der Waals surface area contributed by atoms with E-state index < -0.39 is 5.79 Å². The van der Waals surface area contributed by atoms with Gasteiger partial charge in [0.25, 0.3) is 11.8 Å². The maximum absolute atomic E-state index is 13.2. The zero-order valence-electron chi connectivity index (χ0n) is 31.2. The fourth-order valence-corrected chi connectivity index (χ4v) is 5.89. The van der Waals surface area contributed by atoms with Gasteiger partial charge in [-0.15, -0.1) is 0 Å². The first kappa shape index (κ1) is 39.4. The number of aliphatic imine (C=N–C) groups is 1. The van der Waals surface area contributed by atoms with Gasteiger partial charge in [-0.05, 0) is 85.1 Å². The van der Waals surface area contributed by atoms with Crippen LogP contribution in [0.15, 0.2) is 126 Å². The highest BCUT2D eigenvalue weighted by Gasteiger charge is 2.31. The molecule has 4 aromatic rings. The Hall–Kier alpha value is -5.85. The Balaban J connectivity index is 1.17. The summed E-state index contributed by atoms with van der Waals surface area (Å²) >= 11 is 0. The van der Waals surface area contributed by atoms with E-state index in [9.17, 15) is 14.7 Å². The van der Waals surface area contributed by atoms with Crippen molar-refractivity contribution in [2.75, 3.05) is 57.2 Å². The fraction of sp³-hybridized carbons (Fsp3) is 0.310. The molecule has 0 saturated carbocycles. The second-order valence-corrected chi connectivity index (χ2v) is 13.1. The predicted molar refractivity (Wildman–Crippen MR) is 213 cm³/mol. The SMILES string of the molecule is CCC1=C(Nc2ccc(C(=O)N(C)Cc3ccccc3)cc2)NC(C)(Nc2ccc(O)cc2)NC(=NCCOCCOCCNC(=O)c2ccccc2)C1. The van der Waals surface area contributed by atoms with Crippen LogP contribution in [0.5, 0.6) is 5.75 Å². The van der Waals surface area contributed by atoms with Crippen molar-refractivity contribution in [1.82, 2.24) is 20.9 Å². The van der Waals surface area contributed by atoms with E-state index >= 15 is 0 Å². The zero-order chi connectivity index (χ0) is 38.2. The molecule has 1 aliphatic rings. The third-order valence-corrected chi connectivity index (χ3v) is 8.68. The van der Waals surface area contributed by atoms with Gasteiger partial charge in [0.05, 0.1) is 33.0 Å². The van der Waals surface area contributed by atoms with Gasteiger partial charge in [0.1, 0.15) is 17.4 Å². The number of phenolic OH excluding ortho intramolecular Hbond substituents is 1. The summed E-state index contributed by atoms with van der Waals surface area (Å²) < 4.78 is 11.4. The third-order valence-electron chi connectivity index (χ3n) is 8.68. The summed E-state index contributed by atoms with van der Waals surface area (Å²) in [5, 5.41) is 26.9. The average Bonchev–Trinajstić information content (AvgIpc) is 3.31. The number of carbonyl (C=O) groups is 2. The van der Waals surface area contributed by atoms with Crippen LogP contribution in [-0.2, 0) is 16.0 Å². The number of nitrogens with zero attached hydrogens (tertiary/aromatic N) is 2. The van der Waals surface area contributed by atoms with E-state index in [0.717, 1.165) is 40.6 Å². The molecule has 1 unspecified atom stereocenters. The van der Waals surface area contributed by atoms with Crippen LogP contribution in [0.1, 0.15) is 53.0 Å². The van der Waals surface area contributed by atoms with Crippen LogP contribution < -0.4 is 26.6 Å². The first-order chi connectivity index (χ1) is 26.2. The Labute approximate surface area is 317 Å². The predicted octanol–water partition coefficient (Wildman–Crippen LogP) is 5.93. The molecule has 0 fully saturated rings. The molecule has 4 aromatic carbocycles. The van der Waals surface area contributed by atoms with Crippen LogP contribution in [0.2, 0.25) is 0 Å². The van der Waals surface area contributed by atoms with Gasteiger partial charge in [0, 0.05) is 49.1 Å². The number of carbonyl (C=O) groups excluding carboxylic acids is 2. The minimum absolute atomic E-state index is 0.0526. The number of benzene rings is 4. The average molecular weight is 734 g/mol. The molecule has 54 heavy (non-hydrogen) atoms. The topological polar surface area (TPSA) is 149 Å². The minimum Gasteiger partial charge on any atom is -0.508 e. The second kappa shape index (κ2) is 19.8. The van der Waals surface area contributed by atoms with Gasteiger partial charge in [-0.2, -0.15) is 0 Å². The molecular formula is C42H51N7O5.